The molecule has 0 aliphatic heterocycles. The van der Waals surface area contributed by atoms with Crippen LogP contribution in [0.1, 0.15) is 47.1 Å². The fourth-order valence-corrected chi connectivity index (χ4v) is 3.89. The van der Waals surface area contributed by atoms with Crippen molar-refractivity contribution in [1.82, 2.24) is 4.98 Å². The summed E-state index contributed by atoms with van der Waals surface area (Å²) in [5, 5.41) is 3.35. The van der Waals surface area contributed by atoms with Crippen LogP contribution in [0.5, 0.6) is 0 Å². The van der Waals surface area contributed by atoms with E-state index in [1.54, 1.807) is 12.3 Å². The molecule has 1 N–H and O–H groups in total. The van der Waals surface area contributed by atoms with Gasteiger partial charge >= 0.3 is 5.97 Å². The quantitative estimate of drug-likeness (QED) is 0.858. The van der Waals surface area contributed by atoms with Crippen LogP contribution in [-0.4, -0.2) is 18.1 Å². The molecule has 1 aromatic heterocycles. The summed E-state index contributed by atoms with van der Waals surface area (Å²) >= 11 is 0. The molecule has 3 atom stereocenters. The van der Waals surface area contributed by atoms with E-state index in [1.165, 1.54) is 7.11 Å². The molecule has 0 bridgehead atoms. The molecule has 0 amide bonds. The van der Waals surface area contributed by atoms with Crippen molar-refractivity contribution in [3.63, 3.8) is 0 Å². The number of halogens is 1. The Morgan fingerprint density at radius 3 is 2.88 bits per heavy atom. The number of rotatable bonds is 4. The first-order chi connectivity index (χ1) is 12.1. The lowest BCUT2D eigenvalue weighted by atomic mass is 10.0. The highest BCUT2D eigenvalue weighted by atomic mass is 19.1. The summed E-state index contributed by atoms with van der Waals surface area (Å²) < 4.78 is 19.0. The number of nitrogens with one attached hydrogen (secondary N) is 1. The zero-order valence-corrected chi connectivity index (χ0v) is 14.4. The molecule has 0 radical (unpaired) electrons. The van der Waals surface area contributed by atoms with Crippen molar-refractivity contribution in [2.75, 3.05) is 12.4 Å². The van der Waals surface area contributed by atoms with Crippen molar-refractivity contribution in [2.24, 2.45) is 5.92 Å². The van der Waals surface area contributed by atoms with E-state index in [0.29, 0.717) is 0 Å². The van der Waals surface area contributed by atoms with Crippen LogP contribution in [0.2, 0.25) is 0 Å². The summed E-state index contributed by atoms with van der Waals surface area (Å²) in [6, 6.07) is 7.25. The van der Waals surface area contributed by atoms with Gasteiger partial charge in [0.2, 0.25) is 0 Å². The van der Waals surface area contributed by atoms with Gasteiger partial charge in [0.25, 0.3) is 0 Å². The molecule has 2 aromatic rings. The van der Waals surface area contributed by atoms with Crippen molar-refractivity contribution in [2.45, 2.75) is 38.1 Å². The van der Waals surface area contributed by atoms with Crippen molar-refractivity contribution in [3.8, 4) is 0 Å². The Bertz CT molecular complexity index is 819. The molecule has 1 fully saturated rings. The molecule has 130 valence electrons. The largest absolute Gasteiger partial charge is 0.469 e. The van der Waals surface area contributed by atoms with Gasteiger partial charge in [0.05, 0.1) is 19.1 Å². The molecule has 1 aromatic carbocycles. The maximum absolute atomic E-state index is 14.2. The van der Waals surface area contributed by atoms with E-state index in [-0.39, 0.29) is 29.7 Å². The molecular weight excluding hydrogens is 319 g/mol. The summed E-state index contributed by atoms with van der Waals surface area (Å²) in [7, 11) is 1.42. The molecule has 0 saturated heterocycles. The Morgan fingerprint density at radius 1 is 1.32 bits per heavy atom. The zero-order valence-electron chi connectivity index (χ0n) is 14.4. The highest BCUT2D eigenvalue weighted by molar-refractivity contribution is 5.77. The van der Waals surface area contributed by atoms with E-state index in [2.05, 4.69) is 10.3 Å². The minimum atomic E-state index is -0.152. The predicted octanol–water partition coefficient (Wildman–Crippen LogP) is 3.91. The SMILES string of the molecule is COC(=O)[C@H]1C[C@@H]1c1ccc(N[C@@H]2CCc3c(C)ccc(F)c32)nc1. The van der Waals surface area contributed by atoms with Crippen LogP contribution in [0.4, 0.5) is 10.2 Å². The summed E-state index contributed by atoms with van der Waals surface area (Å²) in [5.41, 5.74) is 4.09. The lowest BCUT2D eigenvalue weighted by molar-refractivity contribution is -0.142. The molecule has 0 spiro atoms. The molecule has 5 heteroatoms. The number of benzene rings is 1. The van der Waals surface area contributed by atoms with E-state index in [0.717, 1.165) is 47.3 Å². The minimum Gasteiger partial charge on any atom is -0.469 e. The Kier molecular flexibility index (Phi) is 3.94. The van der Waals surface area contributed by atoms with Gasteiger partial charge in [0.15, 0.2) is 0 Å². The number of aryl methyl sites for hydroxylation is 1. The number of pyridine rings is 1. The molecule has 1 saturated carbocycles. The number of carbonyl (C=O) groups excluding carboxylic acids is 1. The molecule has 2 aliphatic rings. The van der Waals surface area contributed by atoms with Crippen molar-refractivity contribution >= 4 is 11.8 Å². The number of hydrogen-bond donors (Lipinski definition) is 1. The van der Waals surface area contributed by atoms with Crippen LogP contribution in [0.25, 0.3) is 0 Å². The van der Waals surface area contributed by atoms with Gasteiger partial charge < -0.3 is 10.1 Å². The number of carbonyl (C=O) groups is 1. The van der Waals surface area contributed by atoms with Gasteiger partial charge in [-0.25, -0.2) is 9.37 Å². The van der Waals surface area contributed by atoms with Gasteiger partial charge in [-0.1, -0.05) is 12.1 Å². The molecule has 4 rings (SSSR count). The number of aromatic nitrogens is 1. The molecule has 4 nitrogen and oxygen atoms in total. The molecule has 2 aliphatic carbocycles. The third-order valence-corrected chi connectivity index (χ3v) is 5.40. The standard InChI is InChI=1S/C20H21FN2O2/c1-11-3-6-16(21)19-13(11)5-7-17(19)23-18-8-4-12(10-22-18)14-9-15(14)20(24)25-2/h3-4,6,8,10,14-15,17H,5,7,9H2,1-2H3,(H,22,23)/t14-,15+,17-/m1/s1. The second-order valence-corrected chi connectivity index (χ2v) is 6.94. The van der Waals surface area contributed by atoms with E-state index in [1.807, 2.05) is 25.1 Å². The Balaban J connectivity index is 1.47. The van der Waals surface area contributed by atoms with E-state index in [9.17, 15) is 9.18 Å². The molecule has 1 heterocycles. The lowest BCUT2D eigenvalue weighted by Crippen LogP contribution is -2.10. The predicted molar refractivity (Wildman–Crippen MR) is 92.9 cm³/mol. The first-order valence-electron chi connectivity index (χ1n) is 8.66. The molecule has 25 heavy (non-hydrogen) atoms. The number of methoxy groups -OCH3 is 1. The average Bonchev–Trinajstić information content (AvgIpc) is 3.31. The second-order valence-electron chi connectivity index (χ2n) is 6.94. The normalized spacial score (nSPS) is 23.9. The number of anilines is 1. The second kappa shape index (κ2) is 6.14. The van der Waals surface area contributed by atoms with Crippen LogP contribution >= 0.6 is 0 Å². The monoisotopic (exact) mass is 340 g/mol. The van der Waals surface area contributed by atoms with Crippen LogP contribution in [0.3, 0.4) is 0 Å². The Morgan fingerprint density at radius 2 is 2.16 bits per heavy atom. The fraction of sp³-hybridized carbons (Fsp3) is 0.400. The maximum Gasteiger partial charge on any atom is 0.309 e. The molecular formula is C20H21FN2O2. The smallest absolute Gasteiger partial charge is 0.309 e. The average molecular weight is 340 g/mol. The molecule has 0 unspecified atom stereocenters. The highest BCUT2D eigenvalue weighted by Crippen LogP contribution is 2.48. The highest BCUT2D eigenvalue weighted by Gasteiger charge is 2.45. The van der Waals surface area contributed by atoms with E-state index in [4.69, 9.17) is 4.74 Å². The third kappa shape index (κ3) is 2.88. The maximum atomic E-state index is 14.2. The van der Waals surface area contributed by atoms with Crippen molar-refractivity contribution in [1.29, 1.82) is 0 Å². The lowest BCUT2D eigenvalue weighted by Gasteiger charge is -2.16. The van der Waals surface area contributed by atoms with Gasteiger partial charge in [0, 0.05) is 11.8 Å². The van der Waals surface area contributed by atoms with Crippen LogP contribution < -0.4 is 5.32 Å². The summed E-state index contributed by atoms with van der Waals surface area (Å²) in [4.78, 5) is 16.0. The van der Waals surface area contributed by atoms with Gasteiger partial charge in [-0.3, -0.25) is 4.79 Å². The topological polar surface area (TPSA) is 51.2 Å². The summed E-state index contributed by atoms with van der Waals surface area (Å²) in [6.07, 6.45) is 4.38. The van der Waals surface area contributed by atoms with Gasteiger partial charge in [-0.05, 0) is 60.9 Å². The van der Waals surface area contributed by atoms with E-state index < -0.39 is 0 Å². The first kappa shape index (κ1) is 16.1. The number of hydrogen-bond acceptors (Lipinski definition) is 4. The number of fused-ring (bicyclic) bond motifs is 1. The van der Waals surface area contributed by atoms with Crippen LogP contribution in [-0.2, 0) is 16.0 Å². The van der Waals surface area contributed by atoms with E-state index >= 15 is 0 Å². The number of nitrogens with zero attached hydrogens (tertiary/aromatic N) is 1. The Hall–Kier alpha value is -2.43. The van der Waals surface area contributed by atoms with Crippen LogP contribution in [0.15, 0.2) is 30.5 Å². The zero-order chi connectivity index (χ0) is 17.6. The van der Waals surface area contributed by atoms with Gasteiger partial charge in [0.1, 0.15) is 11.6 Å². The van der Waals surface area contributed by atoms with Crippen molar-refractivity contribution < 1.29 is 13.9 Å². The van der Waals surface area contributed by atoms with Gasteiger partial charge in [-0.15, -0.1) is 0 Å². The third-order valence-electron chi connectivity index (χ3n) is 5.40. The summed E-state index contributed by atoms with van der Waals surface area (Å²) in [6.45, 7) is 2.03. The van der Waals surface area contributed by atoms with Crippen LogP contribution in [0, 0.1) is 18.7 Å². The fourth-order valence-electron chi connectivity index (χ4n) is 3.89. The van der Waals surface area contributed by atoms with Crippen molar-refractivity contribution in [3.05, 3.63) is 58.5 Å². The van der Waals surface area contributed by atoms with Gasteiger partial charge in [-0.2, -0.15) is 0 Å². The number of ether oxygens (including phenoxy) is 1. The minimum absolute atomic E-state index is 0.0376. The number of esters is 1. The summed E-state index contributed by atoms with van der Waals surface area (Å²) in [5.74, 6) is 0.607. The Labute approximate surface area is 146 Å². The first-order valence-corrected chi connectivity index (χ1v) is 8.66.